The predicted octanol–water partition coefficient (Wildman–Crippen LogP) is 3.21. The van der Waals surface area contributed by atoms with Crippen molar-refractivity contribution in [2.45, 2.75) is 25.7 Å². The van der Waals surface area contributed by atoms with Crippen molar-refractivity contribution in [2.75, 3.05) is 25.6 Å². The van der Waals surface area contributed by atoms with Gasteiger partial charge in [-0.3, -0.25) is 0 Å². The third kappa shape index (κ3) is 5.85. The van der Waals surface area contributed by atoms with Crippen molar-refractivity contribution in [3.63, 3.8) is 0 Å². The molecular formula is C15H21ClO4S. The number of para-hydroxylation sites is 1. The molecule has 0 heterocycles. The fourth-order valence-electron chi connectivity index (χ4n) is 2.84. The molecule has 0 radical (unpaired) electrons. The first-order valence-electron chi connectivity index (χ1n) is 7.17. The summed E-state index contributed by atoms with van der Waals surface area (Å²) in [5, 5.41) is 0. The summed E-state index contributed by atoms with van der Waals surface area (Å²) in [6, 6.07) is 9.53. The van der Waals surface area contributed by atoms with Crippen molar-refractivity contribution in [3.8, 4) is 5.75 Å². The van der Waals surface area contributed by atoms with Crippen LogP contribution in [0.4, 0.5) is 0 Å². The topological polar surface area (TPSA) is 52.6 Å². The number of ether oxygens (including phenoxy) is 2. The fourth-order valence-corrected chi connectivity index (χ4v) is 4.64. The second-order valence-electron chi connectivity index (χ2n) is 5.60. The zero-order valence-corrected chi connectivity index (χ0v) is 13.5. The standard InChI is InChI=1S/C15H21ClO4S/c16-21(17,18)13-15(8-4-5-9-15)12-19-10-11-20-14-6-2-1-3-7-14/h1-3,6-7H,4-5,8-13H2. The molecule has 1 aromatic rings. The predicted molar refractivity (Wildman–Crippen MR) is 83.3 cm³/mol. The van der Waals surface area contributed by atoms with E-state index in [0.29, 0.717) is 19.8 Å². The van der Waals surface area contributed by atoms with Crippen LogP contribution in [0.25, 0.3) is 0 Å². The van der Waals surface area contributed by atoms with E-state index in [0.717, 1.165) is 31.4 Å². The molecule has 21 heavy (non-hydrogen) atoms. The second kappa shape index (κ2) is 7.47. The molecule has 1 aromatic carbocycles. The monoisotopic (exact) mass is 332 g/mol. The highest BCUT2D eigenvalue weighted by molar-refractivity contribution is 8.13. The second-order valence-corrected chi connectivity index (χ2v) is 8.38. The lowest BCUT2D eigenvalue weighted by Crippen LogP contribution is -2.31. The summed E-state index contributed by atoms with van der Waals surface area (Å²) in [5.41, 5.74) is -0.312. The smallest absolute Gasteiger partial charge is 0.233 e. The highest BCUT2D eigenvalue weighted by Gasteiger charge is 2.38. The van der Waals surface area contributed by atoms with E-state index < -0.39 is 9.05 Å². The van der Waals surface area contributed by atoms with Gasteiger partial charge >= 0.3 is 0 Å². The lowest BCUT2D eigenvalue weighted by atomic mass is 9.90. The molecule has 0 aliphatic heterocycles. The molecular weight excluding hydrogens is 312 g/mol. The van der Waals surface area contributed by atoms with Crippen LogP contribution in [-0.4, -0.2) is 34.0 Å². The summed E-state index contributed by atoms with van der Waals surface area (Å²) in [7, 11) is 1.92. The van der Waals surface area contributed by atoms with Crippen LogP contribution in [0.2, 0.25) is 0 Å². The van der Waals surface area contributed by atoms with E-state index in [1.807, 2.05) is 30.3 Å². The van der Waals surface area contributed by atoms with Crippen molar-refractivity contribution in [3.05, 3.63) is 30.3 Å². The third-order valence-corrected chi connectivity index (χ3v) is 5.08. The molecule has 0 N–H and O–H groups in total. The van der Waals surface area contributed by atoms with E-state index in [1.165, 1.54) is 0 Å². The average Bonchev–Trinajstić information content (AvgIpc) is 2.86. The van der Waals surface area contributed by atoms with Crippen molar-refractivity contribution < 1.29 is 17.9 Å². The van der Waals surface area contributed by atoms with Crippen LogP contribution in [0.5, 0.6) is 5.75 Å². The Morgan fingerprint density at radius 2 is 1.76 bits per heavy atom. The third-order valence-electron chi connectivity index (χ3n) is 3.79. The molecule has 0 amide bonds. The number of hydrogen-bond acceptors (Lipinski definition) is 4. The minimum atomic E-state index is -3.49. The maximum atomic E-state index is 11.4. The van der Waals surface area contributed by atoms with Gasteiger partial charge in [-0.2, -0.15) is 0 Å². The van der Waals surface area contributed by atoms with E-state index in [-0.39, 0.29) is 11.2 Å². The summed E-state index contributed by atoms with van der Waals surface area (Å²) < 4.78 is 33.9. The number of hydrogen-bond donors (Lipinski definition) is 0. The van der Waals surface area contributed by atoms with E-state index in [4.69, 9.17) is 20.2 Å². The van der Waals surface area contributed by atoms with Crippen molar-refractivity contribution in [1.82, 2.24) is 0 Å². The minimum absolute atomic E-state index is 0.00109. The van der Waals surface area contributed by atoms with E-state index in [2.05, 4.69) is 0 Å². The SMILES string of the molecule is O=S(=O)(Cl)CC1(COCCOc2ccccc2)CCCC1. The van der Waals surface area contributed by atoms with Crippen LogP contribution >= 0.6 is 10.7 Å². The van der Waals surface area contributed by atoms with E-state index >= 15 is 0 Å². The quantitative estimate of drug-likeness (QED) is 0.542. The molecule has 0 atom stereocenters. The summed E-state index contributed by atoms with van der Waals surface area (Å²) in [5.74, 6) is 0.807. The van der Waals surface area contributed by atoms with Crippen LogP contribution in [0.3, 0.4) is 0 Å². The summed E-state index contributed by atoms with van der Waals surface area (Å²) in [6.45, 7) is 1.32. The molecule has 0 aromatic heterocycles. The van der Waals surface area contributed by atoms with Crippen LogP contribution in [-0.2, 0) is 13.8 Å². The largest absolute Gasteiger partial charge is 0.491 e. The first-order chi connectivity index (χ1) is 9.99. The summed E-state index contributed by atoms with van der Waals surface area (Å²) >= 11 is 0. The fraction of sp³-hybridized carbons (Fsp3) is 0.600. The Balaban J connectivity index is 1.73. The Kier molecular flexibility index (Phi) is 5.90. The van der Waals surface area contributed by atoms with E-state index in [1.54, 1.807) is 0 Å². The van der Waals surface area contributed by atoms with Gasteiger partial charge in [0.15, 0.2) is 0 Å². The average molecular weight is 333 g/mol. The minimum Gasteiger partial charge on any atom is -0.491 e. The molecule has 118 valence electrons. The van der Waals surface area contributed by atoms with Gasteiger partial charge in [0, 0.05) is 16.1 Å². The number of halogens is 1. The van der Waals surface area contributed by atoms with Gasteiger partial charge in [0.25, 0.3) is 0 Å². The van der Waals surface area contributed by atoms with E-state index in [9.17, 15) is 8.42 Å². The van der Waals surface area contributed by atoms with Gasteiger partial charge in [0.2, 0.25) is 9.05 Å². The molecule has 0 saturated heterocycles. The summed E-state index contributed by atoms with van der Waals surface area (Å²) in [4.78, 5) is 0. The molecule has 0 spiro atoms. The van der Waals surface area contributed by atoms with Crippen LogP contribution in [0.15, 0.2) is 30.3 Å². The normalized spacial score (nSPS) is 17.8. The lowest BCUT2D eigenvalue weighted by molar-refractivity contribution is 0.0408. The molecule has 1 saturated carbocycles. The molecule has 2 rings (SSSR count). The van der Waals surface area contributed by atoms with Crippen molar-refractivity contribution in [2.24, 2.45) is 5.41 Å². The van der Waals surface area contributed by atoms with Gasteiger partial charge in [0.1, 0.15) is 12.4 Å². The van der Waals surface area contributed by atoms with Crippen LogP contribution < -0.4 is 4.74 Å². The van der Waals surface area contributed by atoms with Crippen LogP contribution in [0, 0.1) is 5.41 Å². The van der Waals surface area contributed by atoms with Gasteiger partial charge in [-0.25, -0.2) is 8.42 Å². The molecule has 1 aliphatic carbocycles. The zero-order chi connectivity index (χ0) is 15.2. The van der Waals surface area contributed by atoms with Gasteiger partial charge in [0.05, 0.1) is 19.0 Å². The number of benzene rings is 1. The van der Waals surface area contributed by atoms with Gasteiger partial charge in [-0.15, -0.1) is 0 Å². The van der Waals surface area contributed by atoms with Crippen molar-refractivity contribution in [1.29, 1.82) is 0 Å². The Bertz CT molecular complexity index is 524. The Morgan fingerprint density at radius 1 is 1.10 bits per heavy atom. The van der Waals surface area contributed by atoms with Crippen LogP contribution in [0.1, 0.15) is 25.7 Å². The van der Waals surface area contributed by atoms with Gasteiger partial charge in [-0.1, -0.05) is 31.0 Å². The Labute approximate surface area is 130 Å². The van der Waals surface area contributed by atoms with Gasteiger partial charge < -0.3 is 9.47 Å². The highest BCUT2D eigenvalue weighted by Crippen LogP contribution is 2.40. The maximum Gasteiger partial charge on any atom is 0.233 e. The van der Waals surface area contributed by atoms with Gasteiger partial charge in [-0.05, 0) is 25.0 Å². The summed E-state index contributed by atoms with van der Waals surface area (Å²) in [6.07, 6.45) is 3.80. The first-order valence-corrected chi connectivity index (χ1v) is 9.65. The molecule has 4 nitrogen and oxygen atoms in total. The molecule has 1 aliphatic rings. The lowest BCUT2D eigenvalue weighted by Gasteiger charge is -2.27. The zero-order valence-electron chi connectivity index (χ0n) is 12.0. The maximum absolute atomic E-state index is 11.4. The first kappa shape index (κ1) is 16.6. The molecule has 6 heteroatoms. The highest BCUT2D eigenvalue weighted by atomic mass is 35.7. The molecule has 0 bridgehead atoms. The van der Waals surface area contributed by atoms with Crippen molar-refractivity contribution >= 4 is 19.7 Å². The Morgan fingerprint density at radius 3 is 2.38 bits per heavy atom. The number of rotatable bonds is 8. The Hall–Kier alpha value is -0.780. The molecule has 1 fully saturated rings. The molecule has 0 unspecified atom stereocenters.